The SMILES string of the molecule is CC(CC(=O)O)c1ccnc(C2CC2)n1. The summed E-state index contributed by atoms with van der Waals surface area (Å²) in [6.45, 7) is 1.88. The first kappa shape index (κ1) is 10.1. The lowest BCUT2D eigenvalue weighted by Crippen LogP contribution is -2.06. The van der Waals surface area contributed by atoms with E-state index >= 15 is 0 Å². The predicted octanol–water partition coefficient (Wildman–Crippen LogP) is 1.93. The maximum absolute atomic E-state index is 10.6. The molecule has 1 atom stereocenters. The van der Waals surface area contributed by atoms with Gasteiger partial charge in [0.2, 0.25) is 0 Å². The molecule has 0 amide bonds. The number of aromatic nitrogens is 2. The van der Waals surface area contributed by atoms with Gasteiger partial charge in [0.05, 0.1) is 6.42 Å². The summed E-state index contributed by atoms with van der Waals surface area (Å²) in [5.41, 5.74) is 0.842. The van der Waals surface area contributed by atoms with E-state index in [2.05, 4.69) is 9.97 Å². The number of hydrogen-bond acceptors (Lipinski definition) is 3. The summed E-state index contributed by atoms with van der Waals surface area (Å²) >= 11 is 0. The van der Waals surface area contributed by atoms with Gasteiger partial charge >= 0.3 is 5.97 Å². The second-order valence-electron chi connectivity index (χ2n) is 4.11. The Morgan fingerprint density at radius 2 is 2.40 bits per heavy atom. The van der Waals surface area contributed by atoms with E-state index in [0.717, 1.165) is 24.4 Å². The van der Waals surface area contributed by atoms with Crippen molar-refractivity contribution in [3.8, 4) is 0 Å². The summed E-state index contributed by atoms with van der Waals surface area (Å²) in [6.07, 6.45) is 4.18. The fourth-order valence-corrected chi connectivity index (χ4v) is 1.57. The number of aliphatic carboxylic acids is 1. The first-order valence-corrected chi connectivity index (χ1v) is 5.21. The lowest BCUT2D eigenvalue weighted by atomic mass is 10.0. The molecule has 4 heteroatoms. The summed E-state index contributed by atoms with van der Waals surface area (Å²) < 4.78 is 0. The largest absolute Gasteiger partial charge is 0.481 e. The number of carboxylic acids is 1. The van der Waals surface area contributed by atoms with Crippen LogP contribution < -0.4 is 0 Å². The smallest absolute Gasteiger partial charge is 0.304 e. The third-order valence-corrected chi connectivity index (χ3v) is 2.62. The van der Waals surface area contributed by atoms with Gasteiger partial charge in [-0.05, 0) is 18.9 Å². The van der Waals surface area contributed by atoms with Crippen LogP contribution in [0.2, 0.25) is 0 Å². The number of nitrogens with zero attached hydrogens (tertiary/aromatic N) is 2. The van der Waals surface area contributed by atoms with E-state index in [-0.39, 0.29) is 12.3 Å². The van der Waals surface area contributed by atoms with E-state index in [9.17, 15) is 4.79 Å². The summed E-state index contributed by atoms with van der Waals surface area (Å²) in [6, 6.07) is 1.81. The zero-order chi connectivity index (χ0) is 10.8. The number of rotatable bonds is 4. The lowest BCUT2D eigenvalue weighted by molar-refractivity contribution is -0.137. The van der Waals surface area contributed by atoms with Gasteiger partial charge in [-0.25, -0.2) is 9.97 Å². The highest BCUT2D eigenvalue weighted by Crippen LogP contribution is 2.38. The van der Waals surface area contributed by atoms with E-state index in [1.54, 1.807) is 12.3 Å². The van der Waals surface area contributed by atoms with Gasteiger partial charge in [-0.2, -0.15) is 0 Å². The lowest BCUT2D eigenvalue weighted by Gasteiger charge is -2.08. The topological polar surface area (TPSA) is 63.1 Å². The van der Waals surface area contributed by atoms with Gasteiger partial charge in [-0.3, -0.25) is 4.79 Å². The fourth-order valence-electron chi connectivity index (χ4n) is 1.57. The van der Waals surface area contributed by atoms with Crippen molar-refractivity contribution in [1.82, 2.24) is 9.97 Å². The fraction of sp³-hybridized carbons (Fsp3) is 0.545. The van der Waals surface area contributed by atoms with Crippen LogP contribution in [0, 0.1) is 0 Å². The Labute approximate surface area is 88.4 Å². The third kappa shape index (κ3) is 2.52. The molecule has 1 N–H and O–H groups in total. The Morgan fingerprint density at radius 1 is 1.67 bits per heavy atom. The first-order chi connectivity index (χ1) is 7.16. The molecule has 15 heavy (non-hydrogen) atoms. The van der Waals surface area contributed by atoms with Gasteiger partial charge in [0.1, 0.15) is 5.82 Å². The van der Waals surface area contributed by atoms with Crippen LogP contribution in [0.3, 0.4) is 0 Å². The quantitative estimate of drug-likeness (QED) is 0.817. The van der Waals surface area contributed by atoms with Crippen LogP contribution >= 0.6 is 0 Å². The van der Waals surface area contributed by atoms with Gasteiger partial charge in [0.15, 0.2) is 0 Å². The van der Waals surface area contributed by atoms with Crippen LogP contribution in [-0.4, -0.2) is 21.0 Å². The van der Waals surface area contributed by atoms with E-state index in [4.69, 9.17) is 5.11 Å². The molecule has 0 spiro atoms. The van der Waals surface area contributed by atoms with Crippen LogP contribution in [0.15, 0.2) is 12.3 Å². The first-order valence-electron chi connectivity index (χ1n) is 5.21. The van der Waals surface area contributed by atoms with Crippen molar-refractivity contribution in [2.24, 2.45) is 0 Å². The van der Waals surface area contributed by atoms with Crippen LogP contribution in [0.25, 0.3) is 0 Å². The number of carboxylic acid groups (broad SMARTS) is 1. The Hall–Kier alpha value is -1.45. The molecule has 1 aliphatic carbocycles. The second kappa shape index (κ2) is 3.96. The zero-order valence-electron chi connectivity index (χ0n) is 8.68. The van der Waals surface area contributed by atoms with Gasteiger partial charge in [-0.15, -0.1) is 0 Å². The maximum atomic E-state index is 10.6. The van der Waals surface area contributed by atoms with E-state index in [1.807, 2.05) is 6.92 Å². The monoisotopic (exact) mass is 206 g/mol. The van der Waals surface area contributed by atoms with Crippen LogP contribution in [0.4, 0.5) is 0 Å². The van der Waals surface area contributed by atoms with Crippen LogP contribution in [0.5, 0.6) is 0 Å². The molecule has 1 heterocycles. The Bertz CT molecular complexity index is 375. The van der Waals surface area contributed by atoms with Gasteiger partial charge < -0.3 is 5.11 Å². The summed E-state index contributed by atoms with van der Waals surface area (Å²) in [5, 5.41) is 8.69. The molecular weight excluding hydrogens is 192 g/mol. The highest BCUT2D eigenvalue weighted by Gasteiger charge is 2.27. The maximum Gasteiger partial charge on any atom is 0.304 e. The van der Waals surface area contributed by atoms with Crippen molar-refractivity contribution >= 4 is 5.97 Å². The predicted molar refractivity (Wildman–Crippen MR) is 54.7 cm³/mol. The minimum atomic E-state index is -0.783. The molecule has 0 saturated heterocycles. The molecule has 0 bridgehead atoms. The third-order valence-electron chi connectivity index (χ3n) is 2.62. The molecule has 1 unspecified atom stereocenters. The summed E-state index contributed by atoms with van der Waals surface area (Å²) in [4.78, 5) is 19.2. The van der Waals surface area contributed by atoms with Crippen molar-refractivity contribution in [1.29, 1.82) is 0 Å². The average molecular weight is 206 g/mol. The Morgan fingerprint density at radius 3 is 3.00 bits per heavy atom. The van der Waals surface area contributed by atoms with Crippen molar-refractivity contribution < 1.29 is 9.90 Å². The van der Waals surface area contributed by atoms with Crippen molar-refractivity contribution in [3.05, 3.63) is 23.8 Å². The molecule has 1 aromatic heterocycles. The molecule has 0 aromatic carbocycles. The second-order valence-corrected chi connectivity index (χ2v) is 4.11. The molecule has 80 valence electrons. The zero-order valence-corrected chi connectivity index (χ0v) is 8.68. The van der Waals surface area contributed by atoms with E-state index < -0.39 is 5.97 Å². The molecule has 2 rings (SSSR count). The molecule has 0 aliphatic heterocycles. The van der Waals surface area contributed by atoms with Gasteiger partial charge in [0, 0.05) is 23.7 Å². The van der Waals surface area contributed by atoms with E-state index in [0.29, 0.717) is 5.92 Å². The van der Waals surface area contributed by atoms with E-state index in [1.165, 1.54) is 0 Å². The standard InChI is InChI=1S/C11H14N2O2/c1-7(6-10(14)15)9-4-5-12-11(13-9)8-2-3-8/h4-5,7-8H,2-3,6H2,1H3,(H,14,15). The molecule has 0 radical (unpaired) electrons. The Kier molecular flexibility index (Phi) is 2.66. The molecule has 1 fully saturated rings. The van der Waals surface area contributed by atoms with Crippen LogP contribution in [-0.2, 0) is 4.79 Å². The normalized spacial score (nSPS) is 17.4. The van der Waals surface area contributed by atoms with Gasteiger partial charge in [-0.1, -0.05) is 6.92 Å². The molecule has 4 nitrogen and oxygen atoms in total. The summed E-state index contributed by atoms with van der Waals surface area (Å²) in [7, 11) is 0. The number of hydrogen-bond donors (Lipinski definition) is 1. The average Bonchev–Trinajstić information content (AvgIpc) is 3.00. The minimum absolute atomic E-state index is 0.0389. The Balaban J connectivity index is 2.12. The van der Waals surface area contributed by atoms with Crippen LogP contribution in [0.1, 0.15) is 49.5 Å². The van der Waals surface area contributed by atoms with Gasteiger partial charge in [0.25, 0.3) is 0 Å². The highest BCUT2D eigenvalue weighted by molar-refractivity contribution is 5.67. The minimum Gasteiger partial charge on any atom is -0.481 e. The van der Waals surface area contributed by atoms with Crippen molar-refractivity contribution in [3.63, 3.8) is 0 Å². The van der Waals surface area contributed by atoms with Crippen molar-refractivity contribution in [2.75, 3.05) is 0 Å². The van der Waals surface area contributed by atoms with Crippen molar-refractivity contribution in [2.45, 2.75) is 38.0 Å². The number of carbonyl (C=O) groups is 1. The highest BCUT2D eigenvalue weighted by atomic mass is 16.4. The molecule has 1 saturated carbocycles. The molecular formula is C11H14N2O2. The summed E-state index contributed by atoms with van der Waals surface area (Å²) in [5.74, 6) is 0.573. The molecule has 1 aromatic rings. The molecule has 1 aliphatic rings.